The molecule has 0 radical (unpaired) electrons. The number of halogens is 1. The van der Waals surface area contributed by atoms with Gasteiger partial charge in [-0.25, -0.2) is 9.37 Å². The summed E-state index contributed by atoms with van der Waals surface area (Å²) < 4.78 is 13.5. The number of thiazole rings is 1. The van der Waals surface area contributed by atoms with Gasteiger partial charge in [0.2, 0.25) is 0 Å². The molecule has 1 aromatic heterocycles. The molecule has 0 unspecified atom stereocenters. The van der Waals surface area contributed by atoms with E-state index in [1.54, 1.807) is 18.2 Å². The predicted molar refractivity (Wildman–Crippen MR) is 71.3 cm³/mol. The number of nitrogens with one attached hydrogen (secondary N) is 1. The highest BCUT2D eigenvalue weighted by Gasteiger charge is 2.12. The second-order valence-electron chi connectivity index (χ2n) is 3.97. The number of hydrogen-bond acceptors (Lipinski definition) is 4. The van der Waals surface area contributed by atoms with Gasteiger partial charge in [0.15, 0.2) is 0 Å². The Morgan fingerprint density at radius 3 is 2.80 bits per heavy atom. The predicted octanol–water partition coefficient (Wildman–Crippen LogP) is 1.69. The van der Waals surface area contributed by atoms with Crippen molar-refractivity contribution in [3.63, 3.8) is 0 Å². The molecular weight excluding hydrogens is 283 g/mol. The number of aromatic nitrogens is 1. The molecule has 0 aliphatic carbocycles. The maximum Gasteiger partial charge on any atom is 0.322 e. The highest BCUT2D eigenvalue weighted by molar-refractivity contribution is 7.09. The van der Waals surface area contributed by atoms with Crippen LogP contribution in [0.2, 0.25) is 0 Å². The molecule has 0 spiro atoms. The first-order chi connectivity index (χ1) is 9.56. The average Bonchev–Trinajstić information content (AvgIpc) is 2.87. The van der Waals surface area contributed by atoms with Gasteiger partial charge in [-0.05, 0) is 11.6 Å². The van der Waals surface area contributed by atoms with Crippen LogP contribution in [0.1, 0.15) is 21.1 Å². The molecule has 0 atom stereocenters. The van der Waals surface area contributed by atoms with Crippen molar-refractivity contribution < 1.29 is 19.1 Å². The molecule has 2 aromatic rings. The molecule has 104 valence electrons. The van der Waals surface area contributed by atoms with Gasteiger partial charge in [0.25, 0.3) is 5.91 Å². The van der Waals surface area contributed by atoms with E-state index in [0.717, 1.165) is 0 Å². The number of carboxylic acid groups (broad SMARTS) is 1. The van der Waals surface area contributed by atoms with Gasteiger partial charge < -0.3 is 10.4 Å². The molecule has 7 heteroatoms. The van der Waals surface area contributed by atoms with Gasteiger partial charge in [-0.3, -0.25) is 9.59 Å². The fourth-order valence-electron chi connectivity index (χ4n) is 1.55. The number of benzene rings is 1. The molecule has 1 amide bonds. The fourth-order valence-corrected chi connectivity index (χ4v) is 2.34. The number of rotatable bonds is 5. The van der Waals surface area contributed by atoms with Crippen LogP contribution < -0.4 is 5.32 Å². The van der Waals surface area contributed by atoms with Crippen molar-refractivity contribution in [3.8, 4) is 0 Å². The molecule has 5 nitrogen and oxygen atoms in total. The Morgan fingerprint density at radius 2 is 2.10 bits per heavy atom. The SMILES string of the molecule is O=C(O)CNC(=O)c1csc(Cc2ccccc2F)n1. The molecular formula is C13H11FN2O3S. The van der Waals surface area contributed by atoms with Crippen LogP contribution in [-0.4, -0.2) is 28.5 Å². The molecule has 0 bridgehead atoms. The minimum atomic E-state index is -1.12. The first kappa shape index (κ1) is 14.1. The summed E-state index contributed by atoms with van der Waals surface area (Å²) in [5.74, 6) is -2.00. The van der Waals surface area contributed by atoms with Crippen LogP contribution in [-0.2, 0) is 11.2 Å². The lowest BCUT2D eigenvalue weighted by Gasteiger charge is -2.00. The maximum absolute atomic E-state index is 13.5. The number of amides is 1. The van der Waals surface area contributed by atoms with Crippen LogP contribution in [0.25, 0.3) is 0 Å². The highest BCUT2D eigenvalue weighted by atomic mass is 32.1. The zero-order valence-corrected chi connectivity index (χ0v) is 11.1. The first-order valence-corrected chi connectivity index (χ1v) is 6.62. The van der Waals surface area contributed by atoms with Crippen molar-refractivity contribution in [2.24, 2.45) is 0 Å². The third-order valence-electron chi connectivity index (χ3n) is 2.48. The Morgan fingerprint density at radius 1 is 1.35 bits per heavy atom. The van der Waals surface area contributed by atoms with Crippen molar-refractivity contribution in [3.05, 3.63) is 51.7 Å². The van der Waals surface area contributed by atoms with Gasteiger partial charge in [0.05, 0.1) is 5.01 Å². The molecule has 1 aromatic carbocycles. The van der Waals surface area contributed by atoms with Gasteiger partial charge in [-0.15, -0.1) is 11.3 Å². The summed E-state index contributed by atoms with van der Waals surface area (Å²) in [7, 11) is 0. The molecule has 0 saturated carbocycles. The van der Waals surface area contributed by atoms with Crippen LogP contribution in [0, 0.1) is 5.82 Å². The van der Waals surface area contributed by atoms with Gasteiger partial charge in [-0.2, -0.15) is 0 Å². The largest absolute Gasteiger partial charge is 0.480 e. The van der Waals surface area contributed by atoms with Gasteiger partial charge in [0, 0.05) is 11.8 Å². The highest BCUT2D eigenvalue weighted by Crippen LogP contribution is 2.16. The molecule has 0 fully saturated rings. The number of carbonyl (C=O) groups is 2. The normalized spacial score (nSPS) is 10.2. The summed E-state index contributed by atoms with van der Waals surface area (Å²) in [5.41, 5.74) is 0.641. The van der Waals surface area contributed by atoms with Crippen molar-refractivity contribution in [2.75, 3.05) is 6.54 Å². The maximum atomic E-state index is 13.5. The Balaban J connectivity index is 2.04. The number of nitrogens with zero attached hydrogens (tertiary/aromatic N) is 1. The molecule has 0 aliphatic rings. The van der Waals surface area contributed by atoms with E-state index in [4.69, 9.17) is 5.11 Å². The first-order valence-electron chi connectivity index (χ1n) is 5.74. The monoisotopic (exact) mass is 294 g/mol. The van der Waals surface area contributed by atoms with E-state index in [1.165, 1.54) is 22.8 Å². The summed E-state index contributed by atoms with van der Waals surface area (Å²) in [6.07, 6.45) is 0.295. The van der Waals surface area contributed by atoms with E-state index >= 15 is 0 Å². The summed E-state index contributed by atoms with van der Waals surface area (Å²) in [4.78, 5) is 26.0. The lowest BCUT2D eigenvalue weighted by Crippen LogP contribution is -2.29. The second kappa shape index (κ2) is 6.25. The van der Waals surface area contributed by atoms with E-state index in [1.807, 2.05) is 0 Å². The van der Waals surface area contributed by atoms with Gasteiger partial charge >= 0.3 is 5.97 Å². The Labute approximate surface area is 118 Å². The number of carbonyl (C=O) groups excluding carboxylic acids is 1. The average molecular weight is 294 g/mol. The third kappa shape index (κ3) is 3.61. The van der Waals surface area contributed by atoms with Crippen molar-refractivity contribution in [1.82, 2.24) is 10.3 Å². The van der Waals surface area contributed by atoms with Crippen LogP contribution in [0.4, 0.5) is 4.39 Å². The van der Waals surface area contributed by atoms with E-state index in [2.05, 4.69) is 10.3 Å². The Hall–Kier alpha value is -2.28. The molecule has 2 rings (SSSR count). The number of carboxylic acids is 1. The molecule has 1 heterocycles. The number of hydrogen-bond donors (Lipinski definition) is 2. The topological polar surface area (TPSA) is 79.3 Å². The van der Waals surface area contributed by atoms with Crippen LogP contribution in [0.15, 0.2) is 29.6 Å². The van der Waals surface area contributed by atoms with E-state index < -0.39 is 18.4 Å². The van der Waals surface area contributed by atoms with Crippen molar-refractivity contribution in [2.45, 2.75) is 6.42 Å². The minimum absolute atomic E-state index is 0.141. The third-order valence-corrected chi connectivity index (χ3v) is 3.33. The number of aliphatic carboxylic acids is 1. The molecule has 0 aliphatic heterocycles. The Bertz CT molecular complexity index is 642. The van der Waals surface area contributed by atoms with E-state index in [9.17, 15) is 14.0 Å². The zero-order valence-electron chi connectivity index (χ0n) is 10.3. The van der Waals surface area contributed by atoms with Crippen molar-refractivity contribution >= 4 is 23.2 Å². The fraction of sp³-hybridized carbons (Fsp3) is 0.154. The van der Waals surface area contributed by atoms with E-state index in [-0.39, 0.29) is 11.5 Å². The molecule has 20 heavy (non-hydrogen) atoms. The smallest absolute Gasteiger partial charge is 0.322 e. The van der Waals surface area contributed by atoms with Gasteiger partial charge in [0.1, 0.15) is 18.1 Å². The van der Waals surface area contributed by atoms with Gasteiger partial charge in [-0.1, -0.05) is 18.2 Å². The van der Waals surface area contributed by atoms with Crippen LogP contribution in [0.3, 0.4) is 0 Å². The minimum Gasteiger partial charge on any atom is -0.480 e. The Kier molecular flexibility index (Phi) is 4.41. The lowest BCUT2D eigenvalue weighted by molar-refractivity contribution is -0.135. The standard InChI is InChI=1S/C13H11FN2O3S/c14-9-4-2-1-3-8(9)5-11-16-10(7-20-11)13(19)15-6-12(17)18/h1-4,7H,5-6H2,(H,15,19)(H,17,18). The van der Waals surface area contributed by atoms with Crippen molar-refractivity contribution in [1.29, 1.82) is 0 Å². The second-order valence-corrected chi connectivity index (χ2v) is 4.91. The zero-order chi connectivity index (χ0) is 14.5. The summed E-state index contributed by atoms with van der Waals surface area (Å²) in [5, 5.41) is 12.8. The van der Waals surface area contributed by atoms with E-state index in [0.29, 0.717) is 17.0 Å². The summed E-state index contributed by atoms with van der Waals surface area (Å²) in [6.45, 7) is -0.459. The quantitative estimate of drug-likeness (QED) is 0.879. The van der Waals surface area contributed by atoms with Crippen LogP contribution in [0.5, 0.6) is 0 Å². The lowest BCUT2D eigenvalue weighted by atomic mass is 10.1. The molecule has 2 N–H and O–H groups in total. The summed E-state index contributed by atoms with van der Waals surface area (Å²) >= 11 is 1.23. The van der Waals surface area contributed by atoms with Crippen LogP contribution >= 0.6 is 11.3 Å². The summed E-state index contributed by atoms with van der Waals surface area (Å²) in [6, 6.07) is 6.35. The molecule has 0 saturated heterocycles.